The predicted octanol–water partition coefficient (Wildman–Crippen LogP) is 0.804. The normalized spacial score (nSPS) is 11.8. The van der Waals surface area contributed by atoms with E-state index in [9.17, 15) is 13.2 Å². The Labute approximate surface area is 136 Å². The molecule has 0 aromatic carbocycles. The summed E-state index contributed by atoms with van der Waals surface area (Å²) in [6.07, 6.45) is 2.19. The molecule has 0 bridgehead atoms. The van der Waals surface area contributed by atoms with Gasteiger partial charge in [0.05, 0.1) is 12.8 Å². The molecule has 0 radical (unpaired) electrons. The molecule has 22 heavy (non-hydrogen) atoms. The number of nitrogens with one attached hydrogen (secondary N) is 2. The third-order valence-corrected chi connectivity index (χ3v) is 5.01. The lowest BCUT2D eigenvalue weighted by Crippen LogP contribution is -2.52. The average Bonchev–Trinajstić information content (AvgIpc) is 2.95. The third-order valence-electron chi connectivity index (χ3n) is 3.46. The molecule has 128 valence electrons. The van der Waals surface area contributed by atoms with E-state index in [0.717, 1.165) is 6.20 Å². The summed E-state index contributed by atoms with van der Waals surface area (Å²) in [5.41, 5.74) is 4.81. The van der Waals surface area contributed by atoms with Crippen molar-refractivity contribution in [3.63, 3.8) is 0 Å². The van der Waals surface area contributed by atoms with Crippen LogP contribution in [-0.4, -0.2) is 43.3 Å². The van der Waals surface area contributed by atoms with Gasteiger partial charge in [-0.05, 0) is 19.8 Å². The zero-order valence-corrected chi connectivity index (χ0v) is 14.5. The molecule has 0 fully saturated rings. The molecule has 0 aliphatic rings. The number of sulfonamides is 1. The molecule has 8 nitrogen and oxygen atoms in total. The lowest BCUT2D eigenvalue weighted by atomic mass is 9.95. The first-order chi connectivity index (χ1) is 9.85. The number of carbonyl (C=O) groups is 1. The lowest BCUT2D eigenvalue weighted by Gasteiger charge is -2.30. The Morgan fingerprint density at radius 1 is 1.41 bits per heavy atom. The monoisotopic (exact) mass is 354 g/mol. The maximum atomic E-state index is 12.5. The fourth-order valence-corrected chi connectivity index (χ4v) is 3.54. The van der Waals surface area contributed by atoms with Crippen LogP contribution >= 0.6 is 12.4 Å². The van der Waals surface area contributed by atoms with E-state index in [0.29, 0.717) is 12.8 Å². The molecule has 4 N–H and O–H groups in total. The van der Waals surface area contributed by atoms with Gasteiger partial charge in [0, 0.05) is 12.1 Å². The van der Waals surface area contributed by atoms with Crippen molar-refractivity contribution in [2.75, 3.05) is 13.2 Å². The van der Waals surface area contributed by atoms with Crippen LogP contribution in [0.1, 0.15) is 44.0 Å². The lowest BCUT2D eigenvalue weighted by molar-refractivity contribution is 0.0521. The number of halogens is 1. The molecule has 0 saturated carbocycles. The summed E-state index contributed by atoms with van der Waals surface area (Å²) in [5, 5.41) is 5.66. The first-order valence-corrected chi connectivity index (χ1v) is 8.28. The highest BCUT2D eigenvalue weighted by molar-refractivity contribution is 7.89. The molecule has 0 aliphatic carbocycles. The van der Waals surface area contributed by atoms with Crippen LogP contribution < -0.4 is 10.5 Å². The molecule has 0 atom stereocenters. The zero-order chi connectivity index (χ0) is 16.1. The maximum absolute atomic E-state index is 12.5. The van der Waals surface area contributed by atoms with Crippen LogP contribution in [0.5, 0.6) is 0 Å². The number of nitrogens with two attached hydrogens (primary N) is 1. The number of ether oxygens (including phenoxy) is 1. The molecule has 0 spiro atoms. The molecular formula is C12H23ClN4O4S. The minimum Gasteiger partial charge on any atom is -0.462 e. The van der Waals surface area contributed by atoms with Crippen LogP contribution in [0.25, 0.3) is 0 Å². The SMILES string of the molecule is CCOC(=O)c1cn[nH]c1S(=O)(=O)NC(CC)(CC)CN.Cl. The fourth-order valence-electron chi connectivity index (χ4n) is 1.89. The summed E-state index contributed by atoms with van der Waals surface area (Å²) in [6, 6.07) is 0. The van der Waals surface area contributed by atoms with Crippen molar-refractivity contribution < 1.29 is 17.9 Å². The number of aromatic nitrogens is 2. The number of rotatable bonds is 8. The molecule has 1 aromatic rings. The summed E-state index contributed by atoms with van der Waals surface area (Å²) in [6.45, 7) is 5.63. The van der Waals surface area contributed by atoms with Crippen LogP contribution in [0.4, 0.5) is 0 Å². The number of H-pyrrole nitrogens is 1. The van der Waals surface area contributed by atoms with Gasteiger partial charge < -0.3 is 10.5 Å². The molecular weight excluding hydrogens is 332 g/mol. The van der Waals surface area contributed by atoms with Crippen LogP contribution in [0.15, 0.2) is 11.2 Å². The Balaban J connectivity index is 0.00000441. The summed E-state index contributed by atoms with van der Waals surface area (Å²) < 4.78 is 32.3. The Morgan fingerprint density at radius 2 is 2.00 bits per heavy atom. The number of hydrogen-bond acceptors (Lipinski definition) is 6. The van der Waals surface area contributed by atoms with Crippen molar-refractivity contribution >= 4 is 28.4 Å². The summed E-state index contributed by atoms with van der Waals surface area (Å²) in [7, 11) is -3.95. The topological polar surface area (TPSA) is 127 Å². The molecule has 0 amide bonds. The summed E-state index contributed by atoms with van der Waals surface area (Å²) in [5.74, 6) is -0.738. The third kappa shape index (κ3) is 4.42. The van der Waals surface area contributed by atoms with Gasteiger partial charge in [0.15, 0.2) is 5.03 Å². The van der Waals surface area contributed by atoms with E-state index in [1.54, 1.807) is 6.92 Å². The second kappa shape index (κ2) is 8.47. The molecule has 1 aromatic heterocycles. The van der Waals surface area contributed by atoms with Crippen LogP contribution in [-0.2, 0) is 14.8 Å². The number of esters is 1. The second-order valence-electron chi connectivity index (χ2n) is 4.63. The fraction of sp³-hybridized carbons (Fsp3) is 0.667. The second-order valence-corrected chi connectivity index (χ2v) is 6.25. The highest BCUT2D eigenvalue weighted by Gasteiger charge is 2.34. The molecule has 0 unspecified atom stereocenters. The molecule has 10 heteroatoms. The largest absolute Gasteiger partial charge is 0.462 e. The van der Waals surface area contributed by atoms with E-state index in [1.165, 1.54) is 0 Å². The Hall–Kier alpha value is -1.16. The number of carbonyl (C=O) groups excluding carboxylic acids is 1. The van der Waals surface area contributed by atoms with Crippen molar-refractivity contribution in [2.24, 2.45) is 5.73 Å². The highest BCUT2D eigenvalue weighted by Crippen LogP contribution is 2.20. The number of hydrogen-bond donors (Lipinski definition) is 3. The Kier molecular flexibility index (Phi) is 8.02. The minimum atomic E-state index is -3.95. The number of nitrogens with zero attached hydrogens (tertiary/aromatic N) is 1. The smallest absolute Gasteiger partial charge is 0.342 e. The Bertz CT molecular complexity index is 575. The van der Waals surface area contributed by atoms with Crippen molar-refractivity contribution in [1.29, 1.82) is 0 Å². The maximum Gasteiger partial charge on any atom is 0.342 e. The summed E-state index contributed by atoms with van der Waals surface area (Å²) >= 11 is 0. The minimum absolute atomic E-state index is 0. The van der Waals surface area contributed by atoms with Gasteiger partial charge >= 0.3 is 5.97 Å². The van der Waals surface area contributed by atoms with Crippen LogP contribution in [0, 0.1) is 0 Å². The van der Waals surface area contributed by atoms with Crippen molar-refractivity contribution in [1.82, 2.24) is 14.9 Å². The predicted molar refractivity (Wildman–Crippen MR) is 84.5 cm³/mol. The van der Waals surface area contributed by atoms with Crippen molar-refractivity contribution in [3.8, 4) is 0 Å². The van der Waals surface area contributed by atoms with E-state index < -0.39 is 21.5 Å². The van der Waals surface area contributed by atoms with Gasteiger partial charge in [-0.15, -0.1) is 12.4 Å². The van der Waals surface area contributed by atoms with Crippen LogP contribution in [0.3, 0.4) is 0 Å². The van der Waals surface area contributed by atoms with Crippen LogP contribution in [0.2, 0.25) is 0 Å². The molecule has 1 heterocycles. The highest BCUT2D eigenvalue weighted by atomic mass is 35.5. The number of aromatic amines is 1. The summed E-state index contributed by atoms with van der Waals surface area (Å²) in [4.78, 5) is 11.7. The van der Waals surface area contributed by atoms with Gasteiger partial charge in [-0.1, -0.05) is 13.8 Å². The van der Waals surface area contributed by atoms with Crippen molar-refractivity contribution in [2.45, 2.75) is 44.2 Å². The van der Waals surface area contributed by atoms with Gasteiger partial charge in [-0.25, -0.2) is 17.9 Å². The van der Waals surface area contributed by atoms with E-state index in [-0.39, 0.29) is 36.1 Å². The standard InChI is InChI=1S/C12H22N4O4S.ClH/c1-4-12(5-2,8-13)16-21(18,19)10-9(7-14-15-10)11(17)20-6-3;/h7,16H,4-6,8,13H2,1-3H3,(H,14,15);1H. The quantitative estimate of drug-likeness (QED) is 0.592. The van der Waals surface area contributed by atoms with Crippen molar-refractivity contribution in [3.05, 3.63) is 11.8 Å². The zero-order valence-electron chi connectivity index (χ0n) is 12.9. The van der Waals surface area contributed by atoms with Gasteiger partial charge in [0.25, 0.3) is 10.0 Å². The Morgan fingerprint density at radius 3 is 2.45 bits per heavy atom. The van der Waals surface area contributed by atoms with Gasteiger partial charge in [0.2, 0.25) is 0 Å². The molecule has 0 aliphatic heterocycles. The van der Waals surface area contributed by atoms with E-state index in [2.05, 4.69) is 14.9 Å². The molecule has 0 saturated heterocycles. The first-order valence-electron chi connectivity index (χ1n) is 6.80. The average molecular weight is 355 g/mol. The van der Waals surface area contributed by atoms with Gasteiger partial charge in [-0.3, -0.25) is 5.10 Å². The first kappa shape index (κ1) is 20.8. The molecule has 1 rings (SSSR count). The van der Waals surface area contributed by atoms with Gasteiger partial charge in [0.1, 0.15) is 5.56 Å². The van der Waals surface area contributed by atoms with E-state index in [1.807, 2.05) is 13.8 Å². The van der Waals surface area contributed by atoms with Gasteiger partial charge in [-0.2, -0.15) is 5.10 Å². The van der Waals surface area contributed by atoms with E-state index >= 15 is 0 Å². The van der Waals surface area contributed by atoms with E-state index in [4.69, 9.17) is 10.5 Å².